The maximum Gasteiger partial charge on any atom is 0.248 e. The second kappa shape index (κ2) is 9.13. The summed E-state index contributed by atoms with van der Waals surface area (Å²) in [6, 6.07) is 10.8. The van der Waals surface area contributed by atoms with Gasteiger partial charge in [0, 0.05) is 27.9 Å². The third-order valence-electron chi connectivity index (χ3n) is 3.34. The van der Waals surface area contributed by atoms with Gasteiger partial charge in [0.25, 0.3) is 0 Å². The van der Waals surface area contributed by atoms with Crippen LogP contribution in [0.1, 0.15) is 12.5 Å². The summed E-state index contributed by atoms with van der Waals surface area (Å²) in [7, 11) is 3.15. The van der Waals surface area contributed by atoms with Gasteiger partial charge in [0.05, 0.1) is 20.8 Å². The Morgan fingerprint density at radius 2 is 1.80 bits per heavy atom. The largest absolute Gasteiger partial charge is 0.496 e. The molecule has 6 heteroatoms. The molecular weight excluding hydrogens is 386 g/mol. The van der Waals surface area contributed by atoms with E-state index in [4.69, 9.17) is 14.2 Å². The van der Waals surface area contributed by atoms with Crippen molar-refractivity contribution in [2.75, 3.05) is 26.1 Å². The summed E-state index contributed by atoms with van der Waals surface area (Å²) in [5.41, 5.74) is 1.42. The van der Waals surface area contributed by atoms with Gasteiger partial charge in [-0.15, -0.1) is 0 Å². The Morgan fingerprint density at radius 3 is 2.48 bits per heavy atom. The van der Waals surface area contributed by atoms with Crippen molar-refractivity contribution in [2.24, 2.45) is 0 Å². The number of benzene rings is 2. The first kappa shape index (κ1) is 18.9. The molecule has 0 heterocycles. The number of anilines is 1. The maximum absolute atomic E-state index is 12.2. The predicted molar refractivity (Wildman–Crippen MR) is 103 cm³/mol. The molecule has 0 saturated carbocycles. The topological polar surface area (TPSA) is 56.8 Å². The van der Waals surface area contributed by atoms with Gasteiger partial charge < -0.3 is 19.5 Å². The summed E-state index contributed by atoms with van der Waals surface area (Å²) in [6.07, 6.45) is 3.15. The number of amides is 1. The number of hydrogen-bond donors (Lipinski definition) is 1. The van der Waals surface area contributed by atoms with Crippen LogP contribution in [-0.2, 0) is 4.79 Å². The summed E-state index contributed by atoms with van der Waals surface area (Å²) < 4.78 is 16.9. The van der Waals surface area contributed by atoms with Crippen LogP contribution >= 0.6 is 15.9 Å². The number of hydrogen-bond acceptors (Lipinski definition) is 4. The van der Waals surface area contributed by atoms with Crippen molar-refractivity contribution in [1.29, 1.82) is 0 Å². The molecule has 5 nitrogen and oxygen atoms in total. The van der Waals surface area contributed by atoms with Crippen LogP contribution in [0.25, 0.3) is 6.08 Å². The third-order valence-corrected chi connectivity index (χ3v) is 3.83. The molecule has 0 saturated heterocycles. The van der Waals surface area contributed by atoms with Gasteiger partial charge in [0.1, 0.15) is 5.75 Å². The second-order valence-corrected chi connectivity index (χ2v) is 5.92. The van der Waals surface area contributed by atoms with Crippen LogP contribution in [0.4, 0.5) is 5.69 Å². The van der Waals surface area contributed by atoms with E-state index in [1.54, 1.807) is 38.5 Å². The standard InChI is InChI=1S/C19H20BrNO4/c1-4-25-17-9-7-15(12-18(17)24-3)21-19(22)10-5-13-11-14(20)6-8-16(13)23-2/h5-12H,4H2,1-3H3,(H,21,22)/b10-5+. The Labute approximate surface area is 155 Å². The first-order chi connectivity index (χ1) is 12.1. The normalized spacial score (nSPS) is 10.6. The summed E-state index contributed by atoms with van der Waals surface area (Å²) in [6.45, 7) is 2.44. The Morgan fingerprint density at radius 1 is 1.08 bits per heavy atom. The van der Waals surface area contributed by atoms with E-state index in [2.05, 4.69) is 21.2 Å². The van der Waals surface area contributed by atoms with Gasteiger partial charge in [-0.1, -0.05) is 15.9 Å². The Balaban J connectivity index is 2.11. The van der Waals surface area contributed by atoms with Gasteiger partial charge in [0.15, 0.2) is 11.5 Å². The number of halogens is 1. The average Bonchev–Trinajstić information content (AvgIpc) is 2.61. The molecule has 2 aromatic carbocycles. The summed E-state index contributed by atoms with van der Waals surface area (Å²) in [5.74, 6) is 1.64. The van der Waals surface area contributed by atoms with Gasteiger partial charge in [-0.25, -0.2) is 0 Å². The van der Waals surface area contributed by atoms with Crippen molar-refractivity contribution in [3.05, 3.63) is 52.5 Å². The molecule has 2 aromatic rings. The van der Waals surface area contributed by atoms with E-state index in [1.807, 2.05) is 25.1 Å². The minimum absolute atomic E-state index is 0.256. The Bertz CT molecular complexity index is 774. The molecule has 25 heavy (non-hydrogen) atoms. The lowest BCUT2D eigenvalue weighted by Crippen LogP contribution is -2.08. The van der Waals surface area contributed by atoms with E-state index in [0.717, 1.165) is 10.0 Å². The number of rotatable bonds is 7. The van der Waals surface area contributed by atoms with Crippen molar-refractivity contribution in [2.45, 2.75) is 6.92 Å². The lowest BCUT2D eigenvalue weighted by Gasteiger charge is -2.11. The summed E-state index contributed by atoms with van der Waals surface area (Å²) in [5, 5.41) is 2.79. The van der Waals surface area contributed by atoms with Crippen LogP contribution in [0.3, 0.4) is 0 Å². The molecule has 0 spiro atoms. The van der Waals surface area contributed by atoms with E-state index >= 15 is 0 Å². The smallest absolute Gasteiger partial charge is 0.248 e. The minimum Gasteiger partial charge on any atom is -0.496 e. The molecule has 2 rings (SSSR count). The highest BCUT2D eigenvalue weighted by atomic mass is 79.9. The van der Waals surface area contributed by atoms with Crippen molar-refractivity contribution in [3.8, 4) is 17.2 Å². The molecule has 1 N–H and O–H groups in total. The average molecular weight is 406 g/mol. The second-order valence-electron chi connectivity index (χ2n) is 5.01. The van der Waals surface area contributed by atoms with Gasteiger partial charge in [-0.3, -0.25) is 4.79 Å². The number of methoxy groups -OCH3 is 2. The van der Waals surface area contributed by atoms with E-state index in [-0.39, 0.29) is 5.91 Å². The number of ether oxygens (including phenoxy) is 3. The predicted octanol–water partition coefficient (Wildman–Crippen LogP) is 4.52. The molecule has 0 unspecified atom stereocenters. The highest BCUT2D eigenvalue weighted by Crippen LogP contribution is 2.30. The lowest BCUT2D eigenvalue weighted by atomic mass is 10.2. The Kier molecular flexibility index (Phi) is 6.89. The molecule has 0 aliphatic heterocycles. The monoisotopic (exact) mass is 405 g/mol. The minimum atomic E-state index is -0.256. The van der Waals surface area contributed by atoms with Crippen LogP contribution < -0.4 is 19.5 Å². The molecule has 132 valence electrons. The van der Waals surface area contributed by atoms with Crippen molar-refractivity contribution in [1.82, 2.24) is 0 Å². The zero-order valence-corrected chi connectivity index (χ0v) is 15.9. The fraction of sp³-hybridized carbons (Fsp3) is 0.211. The zero-order chi connectivity index (χ0) is 18.2. The number of carbonyl (C=O) groups excluding carboxylic acids is 1. The molecule has 0 aromatic heterocycles. The van der Waals surface area contributed by atoms with Gasteiger partial charge >= 0.3 is 0 Å². The summed E-state index contributed by atoms with van der Waals surface area (Å²) >= 11 is 3.41. The molecule has 0 aliphatic carbocycles. The fourth-order valence-electron chi connectivity index (χ4n) is 2.20. The molecule has 0 bridgehead atoms. The Hall–Kier alpha value is -2.47. The molecule has 0 fully saturated rings. The van der Waals surface area contributed by atoms with Crippen LogP contribution in [0, 0.1) is 0 Å². The fourth-order valence-corrected chi connectivity index (χ4v) is 2.58. The van der Waals surface area contributed by atoms with Crippen molar-refractivity contribution >= 4 is 33.6 Å². The highest BCUT2D eigenvalue weighted by molar-refractivity contribution is 9.10. The van der Waals surface area contributed by atoms with Crippen molar-refractivity contribution in [3.63, 3.8) is 0 Å². The van der Waals surface area contributed by atoms with E-state index in [0.29, 0.717) is 29.5 Å². The molecule has 1 amide bonds. The highest BCUT2D eigenvalue weighted by Gasteiger charge is 2.07. The maximum atomic E-state index is 12.2. The quantitative estimate of drug-likeness (QED) is 0.688. The van der Waals surface area contributed by atoms with Gasteiger partial charge in [-0.2, -0.15) is 0 Å². The van der Waals surface area contributed by atoms with Crippen molar-refractivity contribution < 1.29 is 19.0 Å². The zero-order valence-electron chi connectivity index (χ0n) is 14.3. The van der Waals surface area contributed by atoms with Gasteiger partial charge in [0.2, 0.25) is 5.91 Å². The molecule has 0 radical (unpaired) electrons. The van der Waals surface area contributed by atoms with Gasteiger partial charge in [-0.05, 0) is 43.3 Å². The van der Waals surface area contributed by atoms with Crippen LogP contribution in [0.5, 0.6) is 17.2 Å². The number of nitrogens with one attached hydrogen (secondary N) is 1. The molecule has 0 aliphatic rings. The number of carbonyl (C=O) groups is 1. The van der Waals surface area contributed by atoms with E-state index in [1.165, 1.54) is 6.08 Å². The summed E-state index contributed by atoms with van der Waals surface area (Å²) in [4.78, 5) is 12.2. The van der Waals surface area contributed by atoms with Crippen LogP contribution in [0.15, 0.2) is 46.9 Å². The van der Waals surface area contributed by atoms with Crippen LogP contribution in [0.2, 0.25) is 0 Å². The molecule has 0 atom stereocenters. The lowest BCUT2D eigenvalue weighted by molar-refractivity contribution is -0.111. The van der Waals surface area contributed by atoms with Crippen LogP contribution in [-0.4, -0.2) is 26.7 Å². The molecular formula is C19H20BrNO4. The first-order valence-electron chi connectivity index (χ1n) is 7.70. The van der Waals surface area contributed by atoms with E-state index in [9.17, 15) is 4.79 Å². The third kappa shape index (κ3) is 5.26. The van der Waals surface area contributed by atoms with E-state index < -0.39 is 0 Å². The first-order valence-corrected chi connectivity index (χ1v) is 8.50. The SMILES string of the molecule is CCOc1ccc(NC(=O)/C=C/c2cc(Br)ccc2OC)cc1OC.